The number of nitrogens with zero attached hydrogens (tertiary/aromatic N) is 3. The molecule has 0 unspecified atom stereocenters. The molecule has 1 aliphatic heterocycles. The highest BCUT2D eigenvalue weighted by Crippen LogP contribution is 2.54. The van der Waals surface area contributed by atoms with Crippen LogP contribution in [-0.4, -0.2) is 40.3 Å². The normalized spacial score (nSPS) is 17.1. The molecule has 0 radical (unpaired) electrons. The van der Waals surface area contributed by atoms with Crippen LogP contribution in [0.1, 0.15) is 54.2 Å². The number of hydrogen-bond donors (Lipinski definition) is 2. The Balaban J connectivity index is 1.12. The molecule has 2 heterocycles. The van der Waals surface area contributed by atoms with E-state index in [2.05, 4.69) is 20.4 Å². The zero-order chi connectivity index (χ0) is 25.3. The number of piperidine rings is 1. The SMILES string of the molecule is O=C(O)CC1CC2(CCN(c3ccc(NC(=O)c4nnc(Cc5ccc(F)c(F)c5)o4)cc3)CC2)C1. The molecule has 1 saturated carbocycles. The average Bonchev–Trinajstić information content (AvgIpc) is 3.30. The topological polar surface area (TPSA) is 109 Å². The van der Waals surface area contributed by atoms with E-state index in [1.165, 1.54) is 6.07 Å². The summed E-state index contributed by atoms with van der Waals surface area (Å²) in [7, 11) is 0. The van der Waals surface area contributed by atoms with Gasteiger partial charge in [-0.05, 0) is 79.0 Å². The van der Waals surface area contributed by atoms with Crippen molar-refractivity contribution in [2.24, 2.45) is 11.3 Å². The number of rotatable bonds is 7. The molecule has 36 heavy (non-hydrogen) atoms. The molecule has 8 nitrogen and oxygen atoms in total. The standard InChI is InChI=1S/C26H26F2N4O4/c27-20-6-1-16(11-21(20)28)12-22-30-31-25(36-22)24(35)29-18-2-4-19(5-3-18)32-9-7-26(8-10-32)14-17(15-26)13-23(33)34/h1-6,11,17H,7-10,12-15H2,(H,29,35)(H,33,34). The van der Waals surface area contributed by atoms with Crippen LogP contribution >= 0.6 is 0 Å². The van der Waals surface area contributed by atoms with Crippen LogP contribution in [-0.2, 0) is 11.2 Å². The Bertz CT molecular complexity index is 1260. The average molecular weight is 497 g/mol. The molecule has 5 rings (SSSR count). The summed E-state index contributed by atoms with van der Waals surface area (Å²) in [6.07, 6.45) is 4.49. The number of hydrogen-bond acceptors (Lipinski definition) is 6. The van der Waals surface area contributed by atoms with E-state index in [4.69, 9.17) is 9.52 Å². The number of carboxylic acid groups (broad SMARTS) is 1. The van der Waals surface area contributed by atoms with Gasteiger partial charge in [-0.2, -0.15) is 0 Å². The fraction of sp³-hybridized carbons (Fsp3) is 0.385. The summed E-state index contributed by atoms with van der Waals surface area (Å²) < 4.78 is 31.8. The molecule has 2 fully saturated rings. The van der Waals surface area contributed by atoms with E-state index in [0.717, 1.165) is 56.6 Å². The Morgan fingerprint density at radius 2 is 1.78 bits per heavy atom. The third-order valence-corrected chi connectivity index (χ3v) is 7.22. The highest BCUT2D eigenvalue weighted by atomic mass is 19.2. The Hall–Kier alpha value is -3.82. The van der Waals surface area contributed by atoms with E-state index in [-0.39, 0.29) is 24.6 Å². The number of aliphatic carboxylic acids is 1. The lowest BCUT2D eigenvalue weighted by Crippen LogP contribution is -2.47. The van der Waals surface area contributed by atoms with Crippen molar-refractivity contribution < 1.29 is 27.9 Å². The van der Waals surface area contributed by atoms with Crippen LogP contribution in [0.4, 0.5) is 20.2 Å². The van der Waals surface area contributed by atoms with Crippen molar-refractivity contribution in [3.63, 3.8) is 0 Å². The number of carboxylic acids is 1. The second-order valence-corrected chi connectivity index (χ2v) is 9.79. The smallest absolute Gasteiger partial charge is 0.313 e. The minimum atomic E-state index is -0.968. The quantitative estimate of drug-likeness (QED) is 0.490. The summed E-state index contributed by atoms with van der Waals surface area (Å²) in [5, 5.41) is 19.3. The number of carbonyl (C=O) groups is 2. The molecule has 1 spiro atoms. The van der Waals surface area contributed by atoms with Crippen molar-refractivity contribution in [2.75, 3.05) is 23.3 Å². The van der Waals surface area contributed by atoms with Gasteiger partial charge in [-0.15, -0.1) is 10.2 Å². The maximum Gasteiger partial charge on any atom is 0.313 e. The van der Waals surface area contributed by atoms with E-state index in [9.17, 15) is 18.4 Å². The van der Waals surface area contributed by atoms with Crippen molar-refractivity contribution in [3.05, 3.63) is 71.4 Å². The Morgan fingerprint density at radius 1 is 1.06 bits per heavy atom. The molecule has 1 aromatic heterocycles. The number of benzene rings is 2. The van der Waals surface area contributed by atoms with Crippen LogP contribution < -0.4 is 10.2 Å². The fourth-order valence-electron chi connectivity index (χ4n) is 5.38. The van der Waals surface area contributed by atoms with Crippen LogP contribution in [0, 0.1) is 23.0 Å². The van der Waals surface area contributed by atoms with Gasteiger partial charge in [-0.25, -0.2) is 8.78 Å². The Labute approximate surface area is 206 Å². The number of halogens is 2. The van der Waals surface area contributed by atoms with Gasteiger partial charge in [0.15, 0.2) is 11.6 Å². The van der Waals surface area contributed by atoms with E-state index < -0.39 is 23.5 Å². The van der Waals surface area contributed by atoms with Crippen molar-refractivity contribution in [2.45, 2.75) is 38.5 Å². The van der Waals surface area contributed by atoms with E-state index >= 15 is 0 Å². The second-order valence-electron chi connectivity index (χ2n) is 9.79. The minimum absolute atomic E-state index is 0.0729. The summed E-state index contributed by atoms with van der Waals surface area (Å²) in [5.41, 5.74) is 2.39. The highest BCUT2D eigenvalue weighted by Gasteiger charge is 2.46. The lowest BCUT2D eigenvalue weighted by Gasteiger charge is -2.52. The molecule has 2 aromatic carbocycles. The molecule has 188 valence electrons. The van der Waals surface area contributed by atoms with Gasteiger partial charge < -0.3 is 19.7 Å². The molecule has 1 saturated heterocycles. The first kappa shape index (κ1) is 23.9. The lowest BCUT2D eigenvalue weighted by molar-refractivity contribution is -0.140. The number of anilines is 2. The fourth-order valence-corrected chi connectivity index (χ4v) is 5.38. The van der Waals surface area contributed by atoms with Crippen molar-refractivity contribution in [1.29, 1.82) is 0 Å². The maximum atomic E-state index is 13.4. The molecule has 3 aromatic rings. The molecule has 1 aliphatic carbocycles. The van der Waals surface area contributed by atoms with E-state index in [1.807, 2.05) is 24.3 Å². The first-order chi connectivity index (χ1) is 17.3. The summed E-state index contributed by atoms with van der Waals surface area (Å²) in [6.45, 7) is 1.85. The van der Waals surface area contributed by atoms with Gasteiger partial charge in [0.2, 0.25) is 5.89 Å². The third kappa shape index (κ3) is 5.22. The van der Waals surface area contributed by atoms with E-state index in [1.54, 1.807) is 0 Å². The number of aromatic nitrogens is 2. The number of carbonyl (C=O) groups excluding carboxylic acids is 1. The number of amides is 1. The van der Waals surface area contributed by atoms with Gasteiger partial charge in [0.25, 0.3) is 0 Å². The molecule has 0 atom stereocenters. The lowest BCUT2D eigenvalue weighted by atomic mass is 9.57. The summed E-state index contributed by atoms with van der Waals surface area (Å²) in [5.74, 6) is -2.97. The van der Waals surface area contributed by atoms with Gasteiger partial charge in [-0.3, -0.25) is 9.59 Å². The number of nitrogens with one attached hydrogen (secondary N) is 1. The molecular formula is C26H26F2N4O4. The Kier molecular flexibility index (Phi) is 6.42. The summed E-state index contributed by atoms with van der Waals surface area (Å²) in [4.78, 5) is 25.7. The second kappa shape index (κ2) is 9.67. The molecule has 10 heteroatoms. The van der Waals surface area contributed by atoms with Gasteiger partial charge in [0.05, 0.1) is 6.42 Å². The largest absolute Gasteiger partial charge is 0.481 e. The summed E-state index contributed by atoms with van der Waals surface area (Å²) in [6, 6.07) is 11.0. The first-order valence-electron chi connectivity index (χ1n) is 11.9. The molecule has 2 aliphatic rings. The zero-order valence-corrected chi connectivity index (χ0v) is 19.5. The molecular weight excluding hydrogens is 470 g/mol. The molecule has 1 amide bonds. The van der Waals surface area contributed by atoms with Crippen LogP contribution in [0.5, 0.6) is 0 Å². The third-order valence-electron chi connectivity index (χ3n) is 7.22. The highest BCUT2D eigenvalue weighted by molar-refractivity contribution is 6.00. The summed E-state index contributed by atoms with van der Waals surface area (Å²) >= 11 is 0. The van der Waals surface area contributed by atoms with Crippen molar-refractivity contribution in [3.8, 4) is 0 Å². The molecule has 2 N–H and O–H groups in total. The minimum Gasteiger partial charge on any atom is -0.481 e. The maximum absolute atomic E-state index is 13.4. The van der Waals surface area contributed by atoms with E-state index in [0.29, 0.717) is 22.6 Å². The van der Waals surface area contributed by atoms with Crippen molar-refractivity contribution >= 4 is 23.3 Å². The predicted molar refractivity (Wildman–Crippen MR) is 127 cm³/mol. The van der Waals surface area contributed by atoms with Crippen LogP contribution in [0.3, 0.4) is 0 Å². The van der Waals surface area contributed by atoms with Crippen molar-refractivity contribution in [1.82, 2.24) is 10.2 Å². The van der Waals surface area contributed by atoms with Crippen LogP contribution in [0.25, 0.3) is 0 Å². The molecule has 0 bridgehead atoms. The van der Waals surface area contributed by atoms with Gasteiger partial charge in [0, 0.05) is 30.9 Å². The Morgan fingerprint density at radius 3 is 2.44 bits per heavy atom. The monoisotopic (exact) mass is 496 g/mol. The van der Waals surface area contributed by atoms with Crippen LogP contribution in [0.2, 0.25) is 0 Å². The van der Waals surface area contributed by atoms with Gasteiger partial charge >= 0.3 is 17.8 Å². The van der Waals surface area contributed by atoms with Crippen LogP contribution in [0.15, 0.2) is 46.9 Å². The van der Waals surface area contributed by atoms with Gasteiger partial charge in [0.1, 0.15) is 0 Å². The zero-order valence-electron chi connectivity index (χ0n) is 19.5. The predicted octanol–water partition coefficient (Wildman–Crippen LogP) is 4.66. The van der Waals surface area contributed by atoms with Gasteiger partial charge in [-0.1, -0.05) is 6.07 Å². The first-order valence-corrected chi connectivity index (χ1v) is 11.9.